The molecule has 32 heavy (non-hydrogen) atoms. The number of amides is 2. The largest absolute Gasteiger partial charge is 0.483 e. The first kappa shape index (κ1) is 23.3. The number of aryl methyl sites for hydroxylation is 1. The van der Waals surface area contributed by atoms with Crippen molar-refractivity contribution in [3.63, 3.8) is 0 Å². The predicted molar refractivity (Wildman–Crippen MR) is 129 cm³/mol. The molecule has 3 aromatic rings. The van der Waals surface area contributed by atoms with Gasteiger partial charge < -0.3 is 15.0 Å². The zero-order chi connectivity index (χ0) is 23.3. The van der Waals surface area contributed by atoms with Crippen molar-refractivity contribution in [2.45, 2.75) is 52.7 Å². The van der Waals surface area contributed by atoms with E-state index < -0.39 is 6.04 Å². The Morgan fingerprint density at radius 2 is 1.62 bits per heavy atom. The molecule has 1 unspecified atom stereocenters. The van der Waals surface area contributed by atoms with Crippen molar-refractivity contribution in [2.24, 2.45) is 0 Å². The van der Waals surface area contributed by atoms with Gasteiger partial charge in [0, 0.05) is 17.5 Å². The normalized spacial score (nSPS) is 12.3. The summed E-state index contributed by atoms with van der Waals surface area (Å²) in [6, 6.07) is 20.9. The first-order chi connectivity index (χ1) is 15.2. The minimum Gasteiger partial charge on any atom is -0.483 e. The number of rotatable bonds is 7. The van der Waals surface area contributed by atoms with Crippen LogP contribution in [-0.4, -0.2) is 34.9 Å². The van der Waals surface area contributed by atoms with Gasteiger partial charge in [0.2, 0.25) is 5.91 Å². The SMILES string of the molecule is Cc1ccccc1CN(C(=O)COc1cccc2ccccc12)C(C)C(=O)NC(C)(C)C. The smallest absolute Gasteiger partial charge is 0.261 e. The molecule has 0 aliphatic rings. The fourth-order valence-corrected chi connectivity index (χ4v) is 3.57. The second-order valence-electron chi connectivity index (χ2n) is 9.13. The molecule has 0 saturated carbocycles. The van der Waals surface area contributed by atoms with Gasteiger partial charge in [-0.1, -0.05) is 60.7 Å². The second kappa shape index (κ2) is 9.86. The number of benzene rings is 3. The molecule has 0 bridgehead atoms. The number of carbonyl (C=O) groups is 2. The summed E-state index contributed by atoms with van der Waals surface area (Å²) in [5.41, 5.74) is 1.69. The van der Waals surface area contributed by atoms with E-state index in [9.17, 15) is 9.59 Å². The van der Waals surface area contributed by atoms with Gasteiger partial charge >= 0.3 is 0 Å². The summed E-state index contributed by atoms with van der Waals surface area (Å²) >= 11 is 0. The lowest BCUT2D eigenvalue weighted by molar-refractivity contribution is -0.142. The molecule has 5 heteroatoms. The van der Waals surface area contributed by atoms with Crippen molar-refractivity contribution < 1.29 is 14.3 Å². The molecule has 0 heterocycles. The van der Waals surface area contributed by atoms with E-state index in [4.69, 9.17) is 4.74 Å². The molecule has 0 aliphatic heterocycles. The highest BCUT2D eigenvalue weighted by Gasteiger charge is 2.29. The molecule has 1 atom stereocenters. The molecule has 0 fully saturated rings. The fourth-order valence-electron chi connectivity index (χ4n) is 3.57. The maximum absolute atomic E-state index is 13.3. The second-order valence-corrected chi connectivity index (χ2v) is 9.13. The minimum absolute atomic E-state index is 0.146. The lowest BCUT2D eigenvalue weighted by atomic mass is 10.1. The van der Waals surface area contributed by atoms with Gasteiger partial charge in [0.15, 0.2) is 6.61 Å². The van der Waals surface area contributed by atoms with Gasteiger partial charge in [-0.25, -0.2) is 0 Å². The van der Waals surface area contributed by atoms with Crippen LogP contribution < -0.4 is 10.1 Å². The molecule has 0 saturated heterocycles. The van der Waals surface area contributed by atoms with Crippen molar-refractivity contribution >= 4 is 22.6 Å². The Morgan fingerprint density at radius 1 is 0.969 bits per heavy atom. The minimum atomic E-state index is -0.641. The Labute approximate surface area is 190 Å². The van der Waals surface area contributed by atoms with Crippen LogP contribution in [0.4, 0.5) is 0 Å². The molecule has 5 nitrogen and oxygen atoms in total. The van der Waals surface area contributed by atoms with E-state index in [1.54, 1.807) is 11.8 Å². The van der Waals surface area contributed by atoms with Crippen molar-refractivity contribution in [3.8, 4) is 5.75 Å². The first-order valence-corrected chi connectivity index (χ1v) is 10.9. The molecule has 0 radical (unpaired) electrons. The summed E-state index contributed by atoms with van der Waals surface area (Å²) in [6.45, 7) is 9.73. The number of nitrogens with one attached hydrogen (secondary N) is 1. The molecular formula is C27H32N2O3. The number of nitrogens with zero attached hydrogens (tertiary/aromatic N) is 1. The number of ether oxygens (including phenoxy) is 1. The maximum atomic E-state index is 13.3. The average molecular weight is 433 g/mol. The third-order valence-electron chi connectivity index (χ3n) is 5.37. The van der Waals surface area contributed by atoms with E-state index in [2.05, 4.69) is 5.32 Å². The van der Waals surface area contributed by atoms with Crippen LogP contribution in [0.5, 0.6) is 5.75 Å². The molecular weight excluding hydrogens is 400 g/mol. The van der Waals surface area contributed by atoms with E-state index in [1.807, 2.05) is 94.4 Å². The third-order valence-corrected chi connectivity index (χ3v) is 5.37. The molecule has 0 spiro atoms. The van der Waals surface area contributed by atoms with Gasteiger partial charge in [0.25, 0.3) is 5.91 Å². The van der Waals surface area contributed by atoms with E-state index in [0.29, 0.717) is 12.3 Å². The molecule has 2 amide bonds. The van der Waals surface area contributed by atoms with Crippen LogP contribution in [0, 0.1) is 6.92 Å². The standard InChI is InChI=1S/C27H32N2O3/c1-19-11-6-7-13-22(19)17-29(20(2)26(31)28-27(3,4)5)25(30)18-32-24-16-10-14-21-12-8-9-15-23(21)24/h6-16,20H,17-18H2,1-5H3,(H,28,31). The average Bonchev–Trinajstić information content (AvgIpc) is 2.75. The topological polar surface area (TPSA) is 58.6 Å². The highest BCUT2D eigenvalue weighted by Crippen LogP contribution is 2.25. The van der Waals surface area contributed by atoms with Gasteiger partial charge in [0.05, 0.1) is 0 Å². The Hall–Kier alpha value is -3.34. The number of fused-ring (bicyclic) bond motifs is 1. The van der Waals surface area contributed by atoms with Crippen LogP contribution in [0.3, 0.4) is 0 Å². The van der Waals surface area contributed by atoms with Gasteiger partial charge in [0.1, 0.15) is 11.8 Å². The Bertz CT molecular complexity index is 1100. The first-order valence-electron chi connectivity index (χ1n) is 10.9. The molecule has 3 aromatic carbocycles. The van der Waals surface area contributed by atoms with E-state index >= 15 is 0 Å². The van der Waals surface area contributed by atoms with Crippen LogP contribution in [-0.2, 0) is 16.1 Å². The van der Waals surface area contributed by atoms with Crippen LogP contribution in [0.15, 0.2) is 66.7 Å². The summed E-state index contributed by atoms with van der Waals surface area (Å²) in [4.78, 5) is 27.8. The number of hydrogen-bond acceptors (Lipinski definition) is 3. The maximum Gasteiger partial charge on any atom is 0.261 e. The van der Waals surface area contributed by atoms with E-state index in [0.717, 1.165) is 21.9 Å². The number of carbonyl (C=O) groups excluding carboxylic acids is 2. The molecule has 0 aliphatic carbocycles. The van der Waals surface area contributed by atoms with Crippen molar-refractivity contribution in [3.05, 3.63) is 77.9 Å². The fraction of sp³-hybridized carbons (Fsp3) is 0.333. The number of hydrogen-bond donors (Lipinski definition) is 1. The zero-order valence-electron chi connectivity index (χ0n) is 19.5. The van der Waals surface area contributed by atoms with Gasteiger partial charge in [-0.2, -0.15) is 0 Å². The van der Waals surface area contributed by atoms with Gasteiger partial charge in [-0.05, 0) is 57.2 Å². The zero-order valence-corrected chi connectivity index (χ0v) is 19.5. The van der Waals surface area contributed by atoms with Crippen molar-refractivity contribution in [1.29, 1.82) is 0 Å². The Kier molecular flexibility index (Phi) is 7.18. The predicted octanol–water partition coefficient (Wildman–Crippen LogP) is 4.86. The van der Waals surface area contributed by atoms with Crippen molar-refractivity contribution in [2.75, 3.05) is 6.61 Å². The Balaban J connectivity index is 1.82. The quantitative estimate of drug-likeness (QED) is 0.580. The van der Waals surface area contributed by atoms with Crippen LogP contribution in [0.2, 0.25) is 0 Å². The molecule has 3 rings (SSSR count). The summed E-state index contributed by atoms with van der Waals surface area (Å²) in [5, 5.41) is 4.98. The molecule has 1 N–H and O–H groups in total. The third kappa shape index (κ3) is 5.88. The van der Waals surface area contributed by atoms with Crippen LogP contribution in [0.1, 0.15) is 38.8 Å². The van der Waals surface area contributed by atoms with Crippen molar-refractivity contribution in [1.82, 2.24) is 10.2 Å². The van der Waals surface area contributed by atoms with Gasteiger partial charge in [-0.15, -0.1) is 0 Å². The van der Waals surface area contributed by atoms with E-state index in [-0.39, 0.29) is 24.0 Å². The van der Waals surface area contributed by atoms with E-state index in [1.165, 1.54) is 0 Å². The van der Waals surface area contributed by atoms with Gasteiger partial charge in [-0.3, -0.25) is 9.59 Å². The summed E-state index contributed by atoms with van der Waals surface area (Å²) < 4.78 is 5.94. The van der Waals surface area contributed by atoms with Crippen LogP contribution in [0.25, 0.3) is 10.8 Å². The lowest BCUT2D eigenvalue weighted by Gasteiger charge is -2.31. The van der Waals surface area contributed by atoms with Crippen LogP contribution >= 0.6 is 0 Å². The Morgan fingerprint density at radius 3 is 2.34 bits per heavy atom. The lowest BCUT2D eigenvalue weighted by Crippen LogP contribution is -2.53. The molecule has 168 valence electrons. The summed E-state index contributed by atoms with van der Waals surface area (Å²) in [6.07, 6.45) is 0. The summed E-state index contributed by atoms with van der Waals surface area (Å²) in [5.74, 6) is 0.224. The summed E-state index contributed by atoms with van der Waals surface area (Å²) in [7, 11) is 0. The monoisotopic (exact) mass is 432 g/mol. The highest BCUT2D eigenvalue weighted by atomic mass is 16.5. The highest BCUT2D eigenvalue weighted by molar-refractivity contribution is 5.90. The molecule has 0 aromatic heterocycles.